The lowest BCUT2D eigenvalue weighted by Crippen LogP contribution is -2.36. The van der Waals surface area contributed by atoms with Crippen molar-refractivity contribution in [2.45, 2.75) is 12.5 Å². The number of nitrogens with zero attached hydrogens (tertiary/aromatic N) is 1. The Morgan fingerprint density at radius 1 is 1.04 bits per heavy atom. The molecule has 0 spiro atoms. The van der Waals surface area contributed by atoms with Crippen LogP contribution in [0, 0.1) is 10.8 Å². The standard InChI is InChI=1S/C14H8BrF6N3O/c15-10-5-8(25-14(19,20)21)2-3-9(10)7-1-4-11(22)24(6-7)12(23)13(16,17)18/h1-6,22-23H. The van der Waals surface area contributed by atoms with E-state index in [0.29, 0.717) is 4.57 Å². The molecule has 0 aliphatic heterocycles. The maximum atomic E-state index is 12.7. The second-order valence-electron chi connectivity index (χ2n) is 4.71. The summed E-state index contributed by atoms with van der Waals surface area (Å²) in [5.74, 6) is -2.26. The number of hydrogen-bond donors (Lipinski definition) is 2. The Morgan fingerprint density at radius 3 is 2.20 bits per heavy atom. The quantitative estimate of drug-likeness (QED) is 0.407. The van der Waals surface area contributed by atoms with Crippen molar-refractivity contribution in [3.8, 4) is 16.9 Å². The van der Waals surface area contributed by atoms with Crippen molar-refractivity contribution in [1.29, 1.82) is 10.8 Å². The first-order chi connectivity index (χ1) is 11.4. The van der Waals surface area contributed by atoms with Gasteiger partial charge >= 0.3 is 12.5 Å². The van der Waals surface area contributed by atoms with E-state index in [0.717, 1.165) is 24.4 Å². The normalized spacial score (nSPS) is 12.1. The zero-order valence-corrected chi connectivity index (χ0v) is 13.6. The zero-order chi connectivity index (χ0) is 19.0. The van der Waals surface area contributed by atoms with Crippen molar-refractivity contribution < 1.29 is 31.1 Å². The second kappa shape index (κ2) is 6.54. The van der Waals surface area contributed by atoms with Gasteiger partial charge in [-0.15, -0.1) is 13.2 Å². The molecule has 0 fully saturated rings. The van der Waals surface area contributed by atoms with Gasteiger partial charge in [0.15, 0.2) is 0 Å². The highest BCUT2D eigenvalue weighted by atomic mass is 79.9. The average Bonchev–Trinajstić information content (AvgIpc) is 2.45. The molecule has 4 nitrogen and oxygen atoms in total. The molecular formula is C14H8BrF6N3O. The van der Waals surface area contributed by atoms with E-state index in [9.17, 15) is 26.3 Å². The van der Waals surface area contributed by atoms with Crippen LogP contribution in [0.4, 0.5) is 26.3 Å². The Morgan fingerprint density at radius 2 is 1.68 bits per heavy atom. The lowest BCUT2D eigenvalue weighted by Gasteiger charge is -2.14. The number of pyridine rings is 1. The molecule has 0 amide bonds. The van der Waals surface area contributed by atoms with Gasteiger partial charge in [-0.1, -0.05) is 15.9 Å². The number of hydrogen-bond acceptors (Lipinski definition) is 3. The summed E-state index contributed by atoms with van der Waals surface area (Å²) in [6, 6.07) is 5.58. The SMILES string of the molecule is N=C(n1cc(-c2ccc(OC(F)(F)F)cc2Br)ccc1=N)C(F)(F)F. The number of halogens is 7. The first-order valence-corrected chi connectivity index (χ1v) is 7.17. The van der Waals surface area contributed by atoms with Crippen molar-refractivity contribution in [2.24, 2.45) is 0 Å². The molecule has 0 saturated heterocycles. The van der Waals surface area contributed by atoms with Crippen LogP contribution in [0.15, 0.2) is 41.0 Å². The smallest absolute Gasteiger partial charge is 0.406 e. The van der Waals surface area contributed by atoms with E-state index < -0.39 is 29.6 Å². The monoisotopic (exact) mass is 427 g/mol. The summed E-state index contributed by atoms with van der Waals surface area (Å²) < 4.78 is 78.8. The highest BCUT2D eigenvalue weighted by Gasteiger charge is 2.36. The van der Waals surface area contributed by atoms with Gasteiger partial charge in [0.2, 0.25) is 5.84 Å². The molecule has 0 atom stereocenters. The number of aromatic nitrogens is 1. The minimum atomic E-state index is -4.96. The molecule has 2 N–H and O–H groups in total. The lowest BCUT2D eigenvalue weighted by molar-refractivity contribution is -0.274. The number of nitrogens with one attached hydrogen (secondary N) is 2. The molecule has 2 aromatic rings. The van der Waals surface area contributed by atoms with Crippen molar-refractivity contribution in [2.75, 3.05) is 0 Å². The Bertz CT molecular complexity index is 872. The van der Waals surface area contributed by atoms with Crippen molar-refractivity contribution >= 4 is 21.8 Å². The molecular weight excluding hydrogens is 420 g/mol. The molecule has 134 valence electrons. The third kappa shape index (κ3) is 4.62. The van der Waals surface area contributed by atoms with E-state index in [2.05, 4.69) is 20.7 Å². The minimum Gasteiger partial charge on any atom is -0.406 e. The molecule has 1 heterocycles. The van der Waals surface area contributed by atoms with Crippen LogP contribution in [0.1, 0.15) is 0 Å². The molecule has 1 aromatic heterocycles. The van der Waals surface area contributed by atoms with E-state index in [1.807, 2.05) is 0 Å². The van der Waals surface area contributed by atoms with Crippen LogP contribution >= 0.6 is 15.9 Å². The summed E-state index contributed by atoms with van der Waals surface area (Å²) in [7, 11) is 0. The highest BCUT2D eigenvalue weighted by molar-refractivity contribution is 9.10. The minimum absolute atomic E-state index is 0.136. The van der Waals surface area contributed by atoms with E-state index in [1.165, 1.54) is 12.1 Å². The topological polar surface area (TPSA) is 61.9 Å². The van der Waals surface area contributed by atoms with Crippen LogP contribution in [0.5, 0.6) is 5.75 Å². The second-order valence-corrected chi connectivity index (χ2v) is 5.56. The van der Waals surface area contributed by atoms with Gasteiger partial charge in [-0.2, -0.15) is 13.2 Å². The number of benzene rings is 1. The fourth-order valence-electron chi connectivity index (χ4n) is 1.91. The molecule has 2 rings (SSSR count). The summed E-state index contributed by atoms with van der Waals surface area (Å²) in [4.78, 5) is 0. The van der Waals surface area contributed by atoms with Gasteiger partial charge in [0.25, 0.3) is 0 Å². The average molecular weight is 428 g/mol. The maximum absolute atomic E-state index is 12.7. The largest absolute Gasteiger partial charge is 0.573 e. The van der Waals surface area contributed by atoms with Crippen LogP contribution in [0.2, 0.25) is 0 Å². The van der Waals surface area contributed by atoms with Crippen LogP contribution in [-0.4, -0.2) is 22.9 Å². The molecule has 0 radical (unpaired) electrons. The molecule has 0 saturated carbocycles. The number of ether oxygens (including phenoxy) is 1. The summed E-state index contributed by atoms with van der Waals surface area (Å²) >= 11 is 3.03. The Hall–Kier alpha value is -2.30. The Kier molecular flexibility index (Phi) is 4.98. The zero-order valence-electron chi connectivity index (χ0n) is 12.0. The molecule has 0 bridgehead atoms. The summed E-state index contributed by atoms with van der Waals surface area (Å²) in [6.07, 6.45) is -8.93. The van der Waals surface area contributed by atoms with E-state index >= 15 is 0 Å². The Balaban J connectivity index is 2.46. The van der Waals surface area contributed by atoms with E-state index in [4.69, 9.17) is 10.8 Å². The molecule has 25 heavy (non-hydrogen) atoms. The maximum Gasteiger partial charge on any atom is 0.573 e. The van der Waals surface area contributed by atoms with E-state index in [1.54, 1.807) is 0 Å². The molecule has 1 aromatic carbocycles. The summed E-state index contributed by atoms with van der Waals surface area (Å²) in [6.45, 7) is 0. The van der Waals surface area contributed by atoms with Crippen LogP contribution in [-0.2, 0) is 0 Å². The van der Waals surface area contributed by atoms with Crippen molar-refractivity contribution in [3.63, 3.8) is 0 Å². The van der Waals surface area contributed by atoms with Gasteiger partial charge in [-0.3, -0.25) is 15.4 Å². The lowest BCUT2D eigenvalue weighted by atomic mass is 10.1. The van der Waals surface area contributed by atoms with Gasteiger partial charge in [0, 0.05) is 10.7 Å². The fourth-order valence-corrected chi connectivity index (χ4v) is 2.50. The van der Waals surface area contributed by atoms with Crippen molar-refractivity contribution in [3.05, 3.63) is 46.5 Å². The third-order valence-corrected chi connectivity index (χ3v) is 3.60. The molecule has 11 heteroatoms. The first-order valence-electron chi connectivity index (χ1n) is 6.37. The van der Waals surface area contributed by atoms with Crippen LogP contribution in [0.3, 0.4) is 0 Å². The number of rotatable bonds is 2. The summed E-state index contributed by atoms with van der Waals surface area (Å²) in [5, 5.41) is 14.6. The van der Waals surface area contributed by atoms with Crippen molar-refractivity contribution in [1.82, 2.24) is 4.57 Å². The van der Waals surface area contributed by atoms with Crippen LogP contribution in [0.25, 0.3) is 11.1 Å². The van der Waals surface area contributed by atoms with Crippen LogP contribution < -0.4 is 10.2 Å². The molecule has 0 aliphatic rings. The van der Waals surface area contributed by atoms with Gasteiger partial charge in [-0.25, -0.2) is 0 Å². The highest BCUT2D eigenvalue weighted by Crippen LogP contribution is 2.33. The van der Waals surface area contributed by atoms with E-state index in [-0.39, 0.29) is 15.6 Å². The first kappa shape index (κ1) is 19.0. The molecule has 0 unspecified atom stereocenters. The molecule has 0 aliphatic carbocycles. The summed E-state index contributed by atoms with van der Waals surface area (Å²) in [5.41, 5.74) is -0.145. The number of alkyl halides is 6. The van der Waals surface area contributed by atoms with Gasteiger partial charge < -0.3 is 4.74 Å². The Labute approximate surface area is 144 Å². The van der Waals surface area contributed by atoms with Gasteiger partial charge in [-0.05, 0) is 41.5 Å². The predicted octanol–water partition coefficient (Wildman–Crippen LogP) is 4.68. The fraction of sp³-hybridized carbons (Fsp3) is 0.143. The predicted molar refractivity (Wildman–Crippen MR) is 79.3 cm³/mol. The third-order valence-electron chi connectivity index (χ3n) is 2.94. The van der Waals surface area contributed by atoms with Gasteiger partial charge in [0.1, 0.15) is 11.2 Å². The van der Waals surface area contributed by atoms with Gasteiger partial charge in [0.05, 0.1) is 0 Å².